The molecule has 3 saturated heterocycles. The average molecular weight is 531 g/mol. The highest BCUT2D eigenvalue weighted by Crippen LogP contribution is 2.62. The lowest BCUT2D eigenvalue weighted by Crippen LogP contribution is -2.50. The maximum Gasteiger partial charge on any atom is 0.339 e. The number of hydrogen-bond acceptors (Lipinski definition) is 9. The van der Waals surface area contributed by atoms with Crippen LogP contribution in [0.4, 0.5) is 0 Å². The predicted molar refractivity (Wildman–Crippen MR) is 132 cm³/mol. The van der Waals surface area contributed by atoms with Crippen LogP contribution >= 0.6 is 0 Å². The minimum absolute atomic E-state index is 0.0808. The minimum Gasteiger partial charge on any atom is -0.461 e. The molecule has 2 N–H and O–H groups in total. The van der Waals surface area contributed by atoms with E-state index in [-0.39, 0.29) is 54.9 Å². The van der Waals surface area contributed by atoms with E-state index in [1.165, 1.54) is 0 Å². The first-order valence-electron chi connectivity index (χ1n) is 13.9. The van der Waals surface area contributed by atoms with E-state index in [1.807, 2.05) is 27.7 Å². The number of allylic oxidation sites excluding steroid dienone is 1. The molecule has 11 atom stereocenters. The molecule has 6 aliphatic rings. The summed E-state index contributed by atoms with van der Waals surface area (Å²) in [5.74, 6) is -2.65. The Kier molecular flexibility index (Phi) is 5.74. The van der Waals surface area contributed by atoms with Crippen molar-refractivity contribution in [2.24, 2.45) is 35.5 Å². The molecule has 1 spiro atoms. The number of aliphatic hydroxyl groups is 2. The van der Waals surface area contributed by atoms with Gasteiger partial charge in [0.2, 0.25) is 0 Å². The molecule has 0 aromatic carbocycles. The Bertz CT molecular complexity index is 1140. The fourth-order valence-corrected chi connectivity index (χ4v) is 8.90. The molecule has 11 unspecified atom stereocenters. The van der Waals surface area contributed by atoms with Crippen molar-refractivity contribution < 1.29 is 43.5 Å². The summed E-state index contributed by atoms with van der Waals surface area (Å²) in [6.07, 6.45) is 3.49. The molecule has 0 aromatic rings. The molecule has 0 radical (unpaired) electrons. The quantitative estimate of drug-likeness (QED) is 0.418. The molecule has 4 heterocycles. The standard InChI is InChI=1S/C29H38O9/c1-13(8-16-9-14(2)25(32)35-16)24-15(3)22(26(33)36-24)17-11-28(34)12-29-19(7-6-18(28)23(17)31)27(4,5)37-20(29)10-21(30)38-29/h8-9,13,15,17-20,22-24,31,34H,6-7,10-12H2,1-5H3. The van der Waals surface area contributed by atoms with Crippen molar-refractivity contribution in [1.29, 1.82) is 0 Å². The number of carbonyl (C=O) groups is 3. The number of esters is 3. The van der Waals surface area contributed by atoms with Gasteiger partial charge in [-0.2, -0.15) is 0 Å². The molecule has 0 amide bonds. The molecule has 0 aromatic heterocycles. The highest BCUT2D eigenvalue weighted by atomic mass is 16.6. The topological polar surface area (TPSA) is 129 Å². The third kappa shape index (κ3) is 3.64. The molecule has 5 fully saturated rings. The second kappa shape index (κ2) is 8.38. The van der Waals surface area contributed by atoms with Gasteiger partial charge >= 0.3 is 17.9 Å². The Hall–Kier alpha value is -2.23. The first-order valence-corrected chi connectivity index (χ1v) is 13.9. The van der Waals surface area contributed by atoms with Gasteiger partial charge in [0, 0.05) is 41.6 Å². The SMILES string of the molecule is CC1=CC(=CC(C)C2OC(=O)C(C3CC4(O)CC56OC(=O)CC5OC(C)(C)C6CCC4C3O)C2C)OC1=O. The second-order valence-corrected chi connectivity index (χ2v) is 13.1. The Morgan fingerprint density at radius 2 is 1.92 bits per heavy atom. The molecule has 208 valence electrons. The fourth-order valence-electron chi connectivity index (χ4n) is 8.90. The lowest BCUT2D eigenvalue weighted by Gasteiger charge is -2.38. The molecule has 2 aliphatic carbocycles. The molecule has 38 heavy (non-hydrogen) atoms. The van der Waals surface area contributed by atoms with Crippen LogP contribution in [-0.2, 0) is 33.3 Å². The van der Waals surface area contributed by atoms with Gasteiger partial charge in [0.1, 0.15) is 23.6 Å². The highest BCUT2D eigenvalue weighted by Gasteiger charge is 2.72. The Morgan fingerprint density at radius 3 is 2.61 bits per heavy atom. The summed E-state index contributed by atoms with van der Waals surface area (Å²) in [5, 5.41) is 23.7. The van der Waals surface area contributed by atoms with Crippen LogP contribution < -0.4 is 0 Å². The number of ether oxygens (including phenoxy) is 4. The number of hydrogen-bond donors (Lipinski definition) is 2. The van der Waals surface area contributed by atoms with E-state index in [0.717, 1.165) is 0 Å². The van der Waals surface area contributed by atoms with Crippen LogP contribution in [0.1, 0.15) is 66.7 Å². The molecule has 2 saturated carbocycles. The Balaban J connectivity index is 1.24. The van der Waals surface area contributed by atoms with E-state index >= 15 is 0 Å². The van der Waals surface area contributed by atoms with Crippen LogP contribution in [0, 0.1) is 35.5 Å². The summed E-state index contributed by atoms with van der Waals surface area (Å²) < 4.78 is 23.4. The first kappa shape index (κ1) is 26.0. The molecule has 9 nitrogen and oxygen atoms in total. The lowest BCUT2D eigenvalue weighted by atomic mass is 9.71. The van der Waals surface area contributed by atoms with Gasteiger partial charge in [-0.25, -0.2) is 4.79 Å². The minimum atomic E-state index is -1.29. The smallest absolute Gasteiger partial charge is 0.339 e. The maximum absolute atomic E-state index is 13.2. The number of rotatable bonds is 3. The van der Waals surface area contributed by atoms with Crippen LogP contribution in [0.2, 0.25) is 0 Å². The number of carbonyl (C=O) groups excluding carboxylic acids is 3. The maximum atomic E-state index is 13.2. The van der Waals surface area contributed by atoms with Crippen molar-refractivity contribution >= 4 is 17.9 Å². The molecule has 0 bridgehead atoms. The van der Waals surface area contributed by atoms with Crippen LogP contribution in [0.25, 0.3) is 0 Å². The van der Waals surface area contributed by atoms with Gasteiger partial charge in [-0.1, -0.05) is 13.8 Å². The van der Waals surface area contributed by atoms with E-state index in [9.17, 15) is 24.6 Å². The van der Waals surface area contributed by atoms with Crippen molar-refractivity contribution in [1.82, 2.24) is 0 Å². The van der Waals surface area contributed by atoms with Crippen molar-refractivity contribution in [3.8, 4) is 0 Å². The predicted octanol–water partition coefficient (Wildman–Crippen LogP) is 2.58. The van der Waals surface area contributed by atoms with Gasteiger partial charge in [-0.15, -0.1) is 0 Å². The number of fused-ring (bicyclic) bond motifs is 1. The Labute approximate surface area is 222 Å². The van der Waals surface area contributed by atoms with Crippen molar-refractivity contribution in [2.45, 2.75) is 102 Å². The van der Waals surface area contributed by atoms with Crippen LogP contribution in [0.3, 0.4) is 0 Å². The third-order valence-corrected chi connectivity index (χ3v) is 10.5. The monoisotopic (exact) mass is 530 g/mol. The van der Waals surface area contributed by atoms with E-state index in [4.69, 9.17) is 18.9 Å². The van der Waals surface area contributed by atoms with E-state index in [0.29, 0.717) is 24.2 Å². The molecule has 9 heteroatoms. The highest BCUT2D eigenvalue weighted by molar-refractivity contribution is 5.92. The van der Waals surface area contributed by atoms with Gasteiger partial charge in [0.25, 0.3) is 0 Å². The molecule has 4 aliphatic heterocycles. The third-order valence-electron chi connectivity index (χ3n) is 10.5. The zero-order valence-corrected chi connectivity index (χ0v) is 22.6. The molecular weight excluding hydrogens is 492 g/mol. The second-order valence-electron chi connectivity index (χ2n) is 13.1. The first-order chi connectivity index (χ1) is 17.8. The Morgan fingerprint density at radius 1 is 1.18 bits per heavy atom. The van der Waals surface area contributed by atoms with Crippen LogP contribution in [0.15, 0.2) is 23.5 Å². The normalized spacial score (nSPS) is 49.1. The van der Waals surface area contributed by atoms with Gasteiger partial charge in [0.05, 0.1) is 29.6 Å². The summed E-state index contributed by atoms with van der Waals surface area (Å²) in [4.78, 5) is 37.3. The lowest BCUT2D eigenvalue weighted by molar-refractivity contribution is -0.160. The largest absolute Gasteiger partial charge is 0.461 e. The van der Waals surface area contributed by atoms with Gasteiger partial charge < -0.3 is 29.2 Å². The number of cyclic esters (lactones) is 2. The van der Waals surface area contributed by atoms with Crippen molar-refractivity contribution in [3.05, 3.63) is 23.5 Å². The average Bonchev–Trinajstić information content (AvgIpc) is 3.47. The summed E-state index contributed by atoms with van der Waals surface area (Å²) >= 11 is 0. The van der Waals surface area contributed by atoms with Crippen LogP contribution in [0.5, 0.6) is 0 Å². The van der Waals surface area contributed by atoms with E-state index < -0.39 is 52.9 Å². The fraction of sp³-hybridized carbons (Fsp3) is 0.759. The zero-order chi connectivity index (χ0) is 27.4. The summed E-state index contributed by atoms with van der Waals surface area (Å²) in [6, 6.07) is 0. The number of aliphatic hydroxyl groups excluding tert-OH is 1. The van der Waals surface area contributed by atoms with Gasteiger partial charge in [0.15, 0.2) is 0 Å². The summed E-state index contributed by atoms with van der Waals surface area (Å²) in [6.45, 7) is 9.56. The van der Waals surface area contributed by atoms with Crippen molar-refractivity contribution in [2.75, 3.05) is 0 Å². The van der Waals surface area contributed by atoms with Crippen LogP contribution in [-0.4, -0.2) is 63.2 Å². The van der Waals surface area contributed by atoms with Crippen molar-refractivity contribution in [3.63, 3.8) is 0 Å². The zero-order valence-electron chi connectivity index (χ0n) is 22.6. The summed E-state index contributed by atoms with van der Waals surface area (Å²) in [7, 11) is 0. The van der Waals surface area contributed by atoms with Gasteiger partial charge in [-0.3, -0.25) is 9.59 Å². The summed E-state index contributed by atoms with van der Waals surface area (Å²) in [5.41, 5.74) is -2.20. The van der Waals surface area contributed by atoms with Gasteiger partial charge in [-0.05, 0) is 52.2 Å². The molecule has 6 rings (SSSR count). The van der Waals surface area contributed by atoms with E-state index in [2.05, 4.69) is 0 Å². The molecular formula is C29H38O9. The van der Waals surface area contributed by atoms with E-state index in [1.54, 1.807) is 19.1 Å².